The monoisotopic (exact) mass is 420 g/mol. The van der Waals surface area contributed by atoms with Crippen molar-refractivity contribution in [2.45, 2.75) is 154 Å². The van der Waals surface area contributed by atoms with E-state index < -0.39 is 12.1 Å². The normalized spacial score (nSPS) is 11.9. The molecule has 0 amide bonds. The van der Waals surface area contributed by atoms with Crippen LogP contribution in [0.2, 0.25) is 0 Å². The minimum absolute atomic E-state index is 0. The summed E-state index contributed by atoms with van der Waals surface area (Å²) >= 11 is 0. The molecule has 0 saturated heterocycles. The molecule has 168 valence electrons. The molecule has 29 heavy (non-hydrogen) atoms. The molecule has 1 N–H and O–H groups in total. The zero-order valence-corrected chi connectivity index (χ0v) is 21.9. The van der Waals surface area contributed by atoms with Gasteiger partial charge in [-0.3, -0.25) is 0 Å². The summed E-state index contributed by atoms with van der Waals surface area (Å²) in [5.74, 6) is -1.06. The van der Waals surface area contributed by atoms with Gasteiger partial charge in [0.25, 0.3) is 0 Å². The molecule has 3 nitrogen and oxygen atoms in total. The van der Waals surface area contributed by atoms with Crippen LogP contribution in [0.15, 0.2) is 0 Å². The summed E-state index contributed by atoms with van der Waals surface area (Å²) in [6.45, 7) is 2.28. The molecule has 1 atom stereocenters. The Morgan fingerprint density at radius 1 is 0.621 bits per heavy atom. The first-order valence-corrected chi connectivity index (χ1v) is 12.5. The van der Waals surface area contributed by atoms with E-state index >= 15 is 0 Å². The Labute approximate surface area is 204 Å². The zero-order chi connectivity index (χ0) is 20.7. The van der Waals surface area contributed by atoms with E-state index in [2.05, 4.69) is 6.92 Å². The molecule has 0 rings (SSSR count). The van der Waals surface area contributed by atoms with Crippen molar-refractivity contribution in [1.82, 2.24) is 0 Å². The molecule has 0 aliphatic carbocycles. The van der Waals surface area contributed by atoms with Crippen molar-refractivity contribution in [1.29, 1.82) is 0 Å². The van der Waals surface area contributed by atoms with Crippen LogP contribution < -0.4 is 34.7 Å². The first kappa shape index (κ1) is 31.6. The fourth-order valence-electron chi connectivity index (χ4n) is 3.89. The van der Waals surface area contributed by atoms with Crippen LogP contribution in [-0.4, -0.2) is 17.2 Å². The van der Waals surface area contributed by atoms with E-state index in [1.54, 1.807) is 0 Å². The summed E-state index contributed by atoms with van der Waals surface area (Å²) in [7, 11) is 0. The first-order valence-electron chi connectivity index (χ1n) is 12.5. The molecule has 0 aromatic heterocycles. The Kier molecular flexibility index (Phi) is 28.9. The van der Waals surface area contributed by atoms with Crippen LogP contribution in [0.25, 0.3) is 0 Å². The van der Waals surface area contributed by atoms with Gasteiger partial charge in [-0.15, -0.1) is 0 Å². The molecule has 0 aliphatic rings. The van der Waals surface area contributed by atoms with Crippen LogP contribution in [-0.2, 0) is 4.79 Å². The van der Waals surface area contributed by atoms with Crippen molar-refractivity contribution < 1.29 is 44.6 Å². The molecule has 0 radical (unpaired) electrons. The van der Waals surface area contributed by atoms with E-state index in [-0.39, 0.29) is 36.0 Å². The Morgan fingerprint density at radius 3 is 1.24 bits per heavy atom. The van der Waals surface area contributed by atoms with Crippen LogP contribution in [0.3, 0.4) is 0 Å². The molecule has 0 spiro atoms. The molecule has 0 fully saturated rings. The maximum atomic E-state index is 10.3. The van der Waals surface area contributed by atoms with E-state index in [4.69, 9.17) is 0 Å². The molecule has 0 heterocycles. The van der Waals surface area contributed by atoms with Crippen LogP contribution >= 0.6 is 0 Å². The van der Waals surface area contributed by atoms with Gasteiger partial charge in [0.2, 0.25) is 0 Å². The van der Waals surface area contributed by atoms with Crippen LogP contribution in [0.1, 0.15) is 148 Å². The minimum atomic E-state index is -1.06. The number of aliphatic carboxylic acids is 1. The summed E-state index contributed by atoms with van der Waals surface area (Å²) in [5, 5.41) is 20.0. The molecule has 0 aliphatic heterocycles. The van der Waals surface area contributed by atoms with Gasteiger partial charge in [-0.25, -0.2) is 0 Å². The molecule has 4 heteroatoms. The largest absolute Gasteiger partial charge is 1.00 e. The quantitative estimate of drug-likeness (QED) is 0.202. The summed E-state index contributed by atoms with van der Waals surface area (Å²) in [4.78, 5) is 10.3. The van der Waals surface area contributed by atoms with Gasteiger partial charge in [-0.1, -0.05) is 129 Å². The number of aliphatic hydroxyl groups is 1. The van der Waals surface area contributed by atoms with Crippen LogP contribution in [0.4, 0.5) is 0 Å². The van der Waals surface area contributed by atoms with E-state index in [9.17, 15) is 15.0 Å². The van der Waals surface area contributed by atoms with Crippen LogP contribution in [0.5, 0.6) is 0 Å². The van der Waals surface area contributed by atoms with Gasteiger partial charge >= 0.3 is 29.6 Å². The number of rotatable bonds is 23. The molecule has 0 saturated carbocycles. The number of carboxylic acid groups (broad SMARTS) is 1. The molecular weight excluding hydrogens is 371 g/mol. The Morgan fingerprint density at radius 2 is 0.931 bits per heavy atom. The van der Waals surface area contributed by atoms with Crippen LogP contribution in [0, 0.1) is 0 Å². The van der Waals surface area contributed by atoms with Crippen molar-refractivity contribution >= 4 is 5.97 Å². The van der Waals surface area contributed by atoms with E-state index in [1.165, 1.54) is 109 Å². The Hall–Kier alpha value is 0.430. The van der Waals surface area contributed by atoms with Gasteiger partial charge in [-0.05, 0) is 19.3 Å². The summed E-state index contributed by atoms with van der Waals surface area (Å²) in [6.07, 6.45) is 26.5. The van der Waals surface area contributed by atoms with Gasteiger partial charge in [0, 0.05) is 5.97 Å². The van der Waals surface area contributed by atoms with Crippen molar-refractivity contribution in [2.24, 2.45) is 0 Å². The Bertz CT molecular complexity index is 323. The van der Waals surface area contributed by atoms with E-state index in [1.807, 2.05) is 0 Å². The molecule has 0 bridgehead atoms. The molecular formula is C25H49NaO3. The fraction of sp³-hybridized carbons (Fsp3) is 0.960. The molecule has 1 unspecified atom stereocenters. The predicted octanol–water partition coefficient (Wildman–Crippen LogP) is 3.70. The van der Waals surface area contributed by atoms with Gasteiger partial charge in [0.15, 0.2) is 0 Å². The number of carbonyl (C=O) groups is 1. The van der Waals surface area contributed by atoms with Crippen molar-refractivity contribution in [3.8, 4) is 0 Å². The Balaban J connectivity index is 0. The van der Waals surface area contributed by atoms with Gasteiger partial charge in [0.1, 0.15) is 0 Å². The minimum Gasteiger partial charge on any atom is -0.550 e. The van der Waals surface area contributed by atoms with E-state index in [0.29, 0.717) is 6.42 Å². The van der Waals surface area contributed by atoms with Crippen molar-refractivity contribution in [3.05, 3.63) is 0 Å². The maximum Gasteiger partial charge on any atom is 1.00 e. The zero-order valence-electron chi connectivity index (χ0n) is 19.9. The first-order chi connectivity index (χ1) is 13.7. The van der Waals surface area contributed by atoms with Gasteiger partial charge in [0.05, 0.1) is 6.10 Å². The maximum absolute atomic E-state index is 10.3. The number of carbonyl (C=O) groups excluding carboxylic acids is 1. The topological polar surface area (TPSA) is 60.4 Å². The SMILES string of the molecule is CCCCCCCCCCCCCCCCCCCCCC(O)CCC(=O)[O-].[Na+]. The average Bonchev–Trinajstić information content (AvgIpc) is 2.68. The van der Waals surface area contributed by atoms with Gasteiger partial charge in [-0.2, -0.15) is 0 Å². The summed E-state index contributed by atoms with van der Waals surface area (Å²) in [5.41, 5.74) is 0. The predicted molar refractivity (Wildman–Crippen MR) is 118 cm³/mol. The molecule has 0 aromatic carbocycles. The van der Waals surface area contributed by atoms with E-state index in [0.717, 1.165) is 19.3 Å². The average molecular weight is 421 g/mol. The third-order valence-electron chi connectivity index (χ3n) is 5.82. The number of carboxylic acids is 1. The smallest absolute Gasteiger partial charge is 0.550 e. The third kappa shape index (κ3) is 28.4. The number of hydrogen-bond donors (Lipinski definition) is 1. The standard InChI is InChI=1S/C25H50O3.Na/c1-2-3-4-5-6-7-8-9-10-11-12-13-14-15-16-17-18-19-20-21-24(26)22-23-25(27)28;/h24,26H,2-23H2,1H3,(H,27,28);/q;+1/p-1. The number of hydrogen-bond acceptors (Lipinski definition) is 3. The number of aliphatic hydroxyl groups excluding tert-OH is 1. The third-order valence-corrected chi connectivity index (χ3v) is 5.82. The number of unbranched alkanes of at least 4 members (excludes halogenated alkanes) is 18. The van der Waals surface area contributed by atoms with Crippen molar-refractivity contribution in [2.75, 3.05) is 0 Å². The van der Waals surface area contributed by atoms with Crippen molar-refractivity contribution in [3.63, 3.8) is 0 Å². The van der Waals surface area contributed by atoms with Gasteiger partial charge < -0.3 is 15.0 Å². The second-order valence-electron chi connectivity index (χ2n) is 8.72. The summed E-state index contributed by atoms with van der Waals surface area (Å²) < 4.78 is 0. The molecule has 0 aromatic rings. The second kappa shape index (κ2) is 26.5. The second-order valence-corrected chi connectivity index (χ2v) is 8.72. The fourth-order valence-corrected chi connectivity index (χ4v) is 3.89. The summed E-state index contributed by atoms with van der Waals surface area (Å²) in [6, 6.07) is 0.